The van der Waals surface area contributed by atoms with Gasteiger partial charge in [0.25, 0.3) is 0 Å². The van der Waals surface area contributed by atoms with Gasteiger partial charge in [0, 0.05) is 11.0 Å². The molecule has 2 atom stereocenters. The van der Waals surface area contributed by atoms with Crippen molar-refractivity contribution in [2.24, 2.45) is 5.73 Å². The van der Waals surface area contributed by atoms with Gasteiger partial charge >= 0.3 is 0 Å². The number of primary amides is 1. The zero-order valence-electron chi connectivity index (χ0n) is 9.38. The molecule has 14 heavy (non-hydrogen) atoms. The molecule has 3 N–H and O–H groups in total. The van der Waals surface area contributed by atoms with Crippen LogP contribution in [0.3, 0.4) is 0 Å². The first-order chi connectivity index (χ1) is 6.61. The van der Waals surface area contributed by atoms with Crippen molar-refractivity contribution in [3.8, 4) is 0 Å². The van der Waals surface area contributed by atoms with E-state index in [1.54, 1.807) is 11.8 Å². The average Bonchev–Trinajstić information content (AvgIpc) is 2.16. The van der Waals surface area contributed by atoms with E-state index in [0.717, 1.165) is 25.1 Å². The molecule has 2 unspecified atom stereocenters. The highest BCUT2D eigenvalue weighted by Gasteiger charge is 2.14. The summed E-state index contributed by atoms with van der Waals surface area (Å²) in [5.74, 6) is 0.541. The molecule has 0 aromatic carbocycles. The van der Waals surface area contributed by atoms with Crippen molar-refractivity contribution in [1.29, 1.82) is 0 Å². The van der Waals surface area contributed by atoms with Gasteiger partial charge in [-0.15, -0.1) is 0 Å². The van der Waals surface area contributed by atoms with Crippen molar-refractivity contribution >= 4 is 17.7 Å². The highest BCUT2D eigenvalue weighted by atomic mass is 32.2. The molecule has 0 aliphatic carbocycles. The quantitative estimate of drug-likeness (QED) is 0.647. The first-order valence-corrected chi connectivity index (χ1v) is 6.30. The summed E-state index contributed by atoms with van der Waals surface area (Å²) in [6.07, 6.45) is 2.15. The van der Waals surface area contributed by atoms with Crippen molar-refractivity contribution in [2.75, 3.05) is 12.3 Å². The van der Waals surface area contributed by atoms with E-state index in [2.05, 4.69) is 26.1 Å². The fourth-order valence-electron chi connectivity index (χ4n) is 0.939. The maximum Gasteiger partial charge on any atom is 0.235 e. The lowest BCUT2D eigenvalue weighted by atomic mass is 10.3. The van der Waals surface area contributed by atoms with Crippen LogP contribution in [0.2, 0.25) is 0 Å². The molecule has 0 aromatic rings. The smallest absolute Gasteiger partial charge is 0.235 e. The lowest BCUT2D eigenvalue weighted by molar-refractivity contribution is -0.119. The van der Waals surface area contributed by atoms with Gasteiger partial charge in [0.1, 0.15) is 0 Å². The molecule has 0 bridgehead atoms. The van der Waals surface area contributed by atoms with Gasteiger partial charge < -0.3 is 11.1 Å². The first-order valence-electron chi connectivity index (χ1n) is 5.26. The molecule has 0 heterocycles. The predicted molar refractivity (Wildman–Crippen MR) is 63.5 cm³/mol. The third-order valence-electron chi connectivity index (χ3n) is 2.11. The van der Waals surface area contributed by atoms with Gasteiger partial charge in [-0.2, -0.15) is 11.8 Å². The monoisotopic (exact) mass is 218 g/mol. The molecule has 0 spiro atoms. The number of carbonyl (C=O) groups is 1. The second-order valence-corrected chi connectivity index (χ2v) is 4.93. The van der Waals surface area contributed by atoms with Gasteiger partial charge in [0.05, 0.1) is 6.04 Å². The summed E-state index contributed by atoms with van der Waals surface area (Å²) in [5, 5.41) is 3.75. The molecule has 0 saturated heterocycles. The fraction of sp³-hybridized carbons (Fsp3) is 0.900. The Morgan fingerprint density at radius 1 is 1.50 bits per heavy atom. The number of nitrogens with two attached hydrogens (primary N) is 1. The maximum absolute atomic E-state index is 11.1. The summed E-state index contributed by atoms with van der Waals surface area (Å²) in [4.78, 5) is 11.1. The largest absolute Gasteiger partial charge is 0.368 e. The Morgan fingerprint density at radius 3 is 2.57 bits per heavy atom. The second-order valence-electron chi connectivity index (χ2n) is 3.46. The van der Waals surface area contributed by atoms with E-state index < -0.39 is 0 Å². The van der Waals surface area contributed by atoms with Gasteiger partial charge in [-0.05, 0) is 19.4 Å². The summed E-state index contributed by atoms with van der Waals surface area (Å²) >= 11 is 1.80. The van der Waals surface area contributed by atoms with Crippen molar-refractivity contribution < 1.29 is 4.79 Å². The lowest BCUT2D eigenvalue weighted by Crippen LogP contribution is -2.43. The molecule has 0 saturated carbocycles. The summed E-state index contributed by atoms with van der Waals surface area (Å²) in [6, 6.07) is -0.172. The third-order valence-corrected chi connectivity index (χ3v) is 3.53. The van der Waals surface area contributed by atoms with Gasteiger partial charge in [-0.3, -0.25) is 4.79 Å². The SMILES string of the molecule is CCCNC(CSC(C)CC)C(N)=O. The lowest BCUT2D eigenvalue weighted by Gasteiger charge is -2.16. The summed E-state index contributed by atoms with van der Waals surface area (Å²) in [5.41, 5.74) is 5.29. The number of rotatable bonds is 8. The van der Waals surface area contributed by atoms with Gasteiger partial charge in [-0.25, -0.2) is 0 Å². The van der Waals surface area contributed by atoms with Gasteiger partial charge in [0.15, 0.2) is 0 Å². The van der Waals surface area contributed by atoms with Crippen molar-refractivity contribution in [3.05, 3.63) is 0 Å². The molecule has 84 valence electrons. The molecule has 1 amide bonds. The molecule has 0 aliphatic rings. The highest BCUT2D eigenvalue weighted by Crippen LogP contribution is 2.14. The van der Waals surface area contributed by atoms with Crippen LogP contribution in [0.5, 0.6) is 0 Å². The molecule has 0 aliphatic heterocycles. The average molecular weight is 218 g/mol. The third kappa shape index (κ3) is 6.27. The minimum atomic E-state index is -0.241. The zero-order chi connectivity index (χ0) is 11.0. The van der Waals surface area contributed by atoms with Crippen molar-refractivity contribution in [2.45, 2.75) is 44.9 Å². The van der Waals surface area contributed by atoms with Crippen molar-refractivity contribution in [1.82, 2.24) is 5.32 Å². The van der Waals surface area contributed by atoms with E-state index in [9.17, 15) is 4.79 Å². The van der Waals surface area contributed by atoms with Crippen LogP contribution in [0, 0.1) is 0 Å². The fourth-order valence-corrected chi connectivity index (χ4v) is 1.98. The summed E-state index contributed by atoms with van der Waals surface area (Å²) in [7, 11) is 0. The van der Waals surface area contributed by atoms with Crippen LogP contribution in [0.1, 0.15) is 33.6 Å². The Balaban J connectivity index is 3.79. The van der Waals surface area contributed by atoms with Crippen LogP contribution in [-0.2, 0) is 4.79 Å². The highest BCUT2D eigenvalue weighted by molar-refractivity contribution is 7.99. The number of carbonyl (C=O) groups excluding carboxylic acids is 1. The first kappa shape index (κ1) is 13.8. The van der Waals surface area contributed by atoms with Gasteiger partial charge in [0.2, 0.25) is 5.91 Å². The molecule has 0 rings (SSSR count). The molecule has 0 aromatic heterocycles. The Kier molecular flexibility index (Phi) is 7.99. The van der Waals surface area contributed by atoms with E-state index in [1.165, 1.54) is 0 Å². The van der Waals surface area contributed by atoms with Crippen molar-refractivity contribution in [3.63, 3.8) is 0 Å². The molecule has 3 nitrogen and oxygen atoms in total. The van der Waals surface area contributed by atoms with E-state index in [4.69, 9.17) is 5.73 Å². The Morgan fingerprint density at radius 2 is 2.14 bits per heavy atom. The number of nitrogens with one attached hydrogen (secondary N) is 1. The Hall–Kier alpha value is -0.220. The predicted octanol–water partition coefficient (Wildman–Crippen LogP) is 1.37. The summed E-state index contributed by atoms with van der Waals surface area (Å²) in [6.45, 7) is 7.25. The second kappa shape index (κ2) is 8.12. The number of hydrogen-bond donors (Lipinski definition) is 2. The van der Waals surface area contributed by atoms with Gasteiger partial charge in [-0.1, -0.05) is 20.8 Å². The molecular formula is C10H22N2OS. The van der Waals surface area contributed by atoms with E-state index >= 15 is 0 Å². The Labute approximate surface area is 91.2 Å². The van der Waals surface area contributed by atoms with E-state index in [1.807, 2.05) is 0 Å². The molecule has 0 radical (unpaired) electrons. The van der Waals surface area contributed by atoms with Crippen LogP contribution >= 0.6 is 11.8 Å². The normalized spacial score (nSPS) is 15.1. The molecular weight excluding hydrogens is 196 g/mol. The molecule has 4 heteroatoms. The van der Waals surface area contributed by atoms with Crippen LogP contribution in [-0.4, -0.2) is 29.5 Å². The minimum Gasteiger partial charge on any atom is -0.368 e. The van der Waals surface area contributed by atoms with Crippen LogP contribution in [0.25, 0.3) is 0 Å². The topological polar surface area (TPSA) is 55.1 Å². The number of hydrogen-bond acceptors (Lipinski definition) is 3. The number of amides is 1. The van der Waals surface area contributed by atoms with Crippen LogP contribution in [0.15, 0.2) is 0 Å². The standard InChI is InChI=1S/C10H22N2OS/c1-4-6-12-9(10(11)13)7-14-8(3)5-2/h8-9,12H,4-7H2,1-3H3,(H2,11,13). The minimum absolute atomic E-state index is 0.172. The molecule has 0 fully saturated rings. The maximum atomic E-state index is 11.1. The summed E-state index contributed by atoms with van der Waals surface area (Å²) < 4.78 is 0. The zero-order valence-corrected chi connectivity index (χ0v) is 10.2. The number of thioether (sulfide) groups is 1. The Bertz CT molecular complexity index is 164. The van der Waals surface area contributed by atoms with E-state index in [-0.39, 0.29) is 11.9 Å². The van der Waals surface area contributed by atoms with Crippen LogP contribution in [0.4, 0.5) is 0 Å². The van der Waals surface area contributed by atoms with E-state index in [0.29, 0.717) is 5.25 Å². The van der Waals surface area contributed by atoms with Crippen LogP contribution < -0.4 is 11.1 Å².